The zero-order valence-corrected chi connectivity index (χ0v) is 12.8. The number of benzene rings is 3. The van der Waals surface area contributed by atoms with E-state index in [9.17, 15) is 4.39 Å². The molecule has 0 aliphatic heterocycles. The topological polar surface area (TPSA) is 0 Å². The third-order valence-corrected chi connectivity index (χ3v) is 4.55. The number of halogens is 3. The van der Waals surface area contributed by atoms with Crippen molar-refractivity contribution in [3.05, 3.63) is 82.6 Å². The van der Waals surface area contributed by atoms with Gasteiger partial charge < -0.3 is 0 Å². The highest BCUT2D eigenvalue weighted by molar-refractivity contribution is 9.09. The summed E-state index contributed by atoms with van der Waals surface area (Å²) in [5.74, 6) is -0.260. The average molecular weight is 350 g/mol. The smallest absolute Gasteiger partial charge is 0.127 e. The number of hydrogen-bond acceptors (Lipinski definition) is 0. The fourth-order valence-corrected chi connectivity index (χ4v) is 3.28. The molecule has 0 radical (unpaired) electrons. The van der Waals surface area contributed by atoms with Gasteiger partial charge in [-0.1, -0.05) is 70.0 Å². The maximum atomic E-state index is 14.0. The van der Waals surface area contributed by atoms with Gasteiger partial charge in [-0.2, -0.15) is 0 Å². The van der Waals surface area contributed by atoms with E-state index >= 15 is 0 Å². The summed E-state index contributed by atoms with van der Waals surface area (Å²) in [6.07, 6.45) is 0. The minimum Gasteiger partial charge on any atom is -0.207 e. The molecule has 20 heavy (non-hydrogen) atoms. The summed E-state index contributed by atoms with van der Waals surface area (Å²) in [6, 6.07) is 18.7. The third kappa shape index (κ3) is 2.46. The second-order valence-corrected chi connectivity index (χ2v) is 5.95. The molecule has 3 aromatic rings. The molecular formula is C17H11BrClF. The van der Waals surface area contributed by atoms with Crippen molar-refractivity contribution < 1.29 is 4.39 Å². The van der Waals surface area contributed by atoms with Crippen LogP contribution in [0.2, 0.25) is 5.02 Å². The minimum absolute atomic E-state index is 0.229. The molecule has 1 atom stereocenters. The van der Waals surface area contributed by atoms with Gasteiger partial charge >= 0.3 is 0 Å². The Hall–Kier alpha value is -1.38. The van der Waals surface area contributed by atoms with Gasteiger partial charge in [0.25, 0.3) is 0 Å². The van der Waals surface area contributed by atoms with E-state index in [1.165, 1.54) is 6.07 Å². The van der Waals surface area contributed by atoms with Crippen molar-refractivity contribution in [1.82, 2.24) is 0 Å². The molecule has 3 aromatic carbocycles. The number of fused-ring (bicyclic) bond motifs is 1. The molecule has 0 saturated heterocycles. The Kier molecular flexibility index (Phi) is 3.77. The third-order valence-electron chi connectivity index (χ3n) is 3.33. The van der Waals surface area contributed by atoms with Gasteiger partial charge in [0.2, 0.25) is 0 Å². The van der Waals surface area contributed by atoms with E-state index in [4.69, 9.17) is 11.6 Å². The van der Waals surface area contributed by atoms with Crippen LogP contribution in [0.15, 0.2) is 60.7 Å². The minimum atomic E-state index is -0.260. The predicted molar refractivity (Wildman–Crippen MR) is 86.1 cm³/mol. The molecule has 3 rings (SSSR count). The Balaban J connectivity index is 2.17. The molecule has 100 valence electrons. The summed E-state index contributed by atoms with van der Waals surface area (Å²) < 4.78 is 14.0. The molecule has 0 aliphatic rings. The summed E-state index contributed by atoms with van der Waals surface area (Å²) in [7, 11) is 0. The molecular weight excluding hydrogens is 339 g/mol. The Morgan fingerprint density at radius 2 is 1.65 bits per heavy atom. The highest BCUT2D eigenvalue weighted by Gasteiger charge is 2.17. The molecule has 0 heterocycles. The summed E-state index contributed by atoms with van der Waals surface area (Å²) in [6.45, 7) is 0. The lowest BCUT2D eigenvalue weighted by Gasteiger charge is -2.14. The maximum absolute atomic E-state index is 14.0. The first kappa shape index (κ1) is 13.6. The first-order valence-electron chi connectivity index (χ1n) is 6.23. The lowest BCUT2D eigenvalue weighted by molar-refractivity contribution is 0.614. The molecule has 1 unspecified atom stereocenters. The predicted octanol–water partition coefficient (Wildman–Crippen LogP) is 6.12. The lowest BCUT2D eigenvalue weighted by Crippen LogP contribution is -1.97. The van der Waals surface area contributed by atoms with Gasteiger partial charge in [-0.25, -0.2) is 4.39 Å². The van der Waals surface area contributed by atoms with Crippen LogP contribution in [0.3, 0.4) is 0 Å². The monoisotopic (exact) mass is 348 g/mol. The van der Waals surface area contributed by atoms with Crippen LogP contribution in [0.25, 0.3) is 10.8 Å². The second kappa shape index (κ2) is 5.55. The Bertz CT molecular complexity index is 765. The Morgan fingerprint density at radius 3 is 2.50 bits per heavy atom. The first-order valence-corrected chi connectivity index (χ1v) is 7.53. The quantitative estimate of drug-likeness (QED) is 0.489. The summed E-state index contributed by atoms with van der Waals surface area (Å²) in [5.41, 5.74) is 1.58. The highest BCUT2D eigenvalue weighted by atomic mass is 79.9. The van der Waals surface area contributed by atoms with Crippen molar-refractivity contribution >= 4 is 38.3 Å². The van der Waals surface area contributed by atoms with Crippen molar-refractivity contribution in [3.8, 4) is 0 Å². The van der Waals surface area contributed by atoms with Gasteiger partial charge in [0.05, 0.1) is 4.83 Å². The molecule has 0 nitrogen and oxygen atoms in total. The van der Waals surface area contributed by atoms with E-state index in [0.29, 0.717) is 10.6 Å². The molecule has 0 amide bonds. The van der Waals surface area contributed by atoms with Gasteiger partial charge in [-0.3, -0.25) is 0 Å². The zero-order chi connectivity index (χ0) is 14.1. The van der Waals surface area contributed by atoms with Crippen LogP contribution in [-0.2, 0) is 0 Å². The van der Waals surface area contributed by atoms with E-state index in [1.54, 1.807) is 12.1 Å². The highest BCUT2D eigenvalue weighted by Crippen LogP contribution is 2.37. The number of hydrogen-bond donors (Lipinski definition) is 0. The van der Waals surface area contributed by atoms with Crippen molar-refractivity contribution in [1.29, 1.82) is 0 Å². The van der Waals surface area contributed by atoms with Crippen LogP contribution in [0.4, 0.5) is 4.39 Å². The molecule has 0 aromatic heterocycles. The standard InChI is InChI=1S/C17H11BrClF/c18-17(15-10-12(19)8-9-16(15)20)14-7-3-5-11-4-1-2-6-13(11)14/h1-10,17H. The molecule has 0 saturated carbocycles. The normalized spacial score (nSPS) is 12.6. The van der Waals surface area contributed by atoms with Crippen LogP contribution >= 0.6 is 27.5 Å². The van der Waals surface area contributed by atoms with E-state index in [1.807, 2.05) is 42.5 Å². The molecule has 0 bridgehead atoms. The van der Waals surface area contributed by atoms with Gasteiger partial charge in [0, 0.05) is 10.6 Å². The molecule has 0 fully saturated rings. The Labute approximate surface area is 130 Å². The van der Waals surface area contributed by atoms with Crippen molar-refractivity contribution in [2.75, 3.05) is 0 Å². The molecule has 0 spiro atoms. The van der Waals surface area contributed by atoms with Gasteiger partial charge in [-0.15, -0.1) is 0 Å². The van der Waals surface area contributed by atoms with Crippen LogP contribution in [0.5, 0.6) is 0 Å². The van der Waals surface area contributed by atoms with Crippen LogP contribution in [0.1, 0.15) is 16.0 Å². The van der Waals surface area contributed by atoms with Gasteiger partial charge in [-0.05, 0) is 34.5 Å². The lowest BCUT2D eigenvalue weighted by atomic mass is 9.98. The maximum Gasteiger partial charge on any atom is 0.127 e. The first-order chi connectivity index (χ1) is 9.66. The average Bonchev–Trinajstić information content (AvgIpc) is 2.48. The van der Waals surface area contributed by atoms with Gasteiger partial charge in [0.1, 0.15) is 5.82 Å². The SMILES string of the molecule is Fc1ccc(Cl)cc1C(Br)c1cccc2ccccc12. The summed E-state index contributed by atoms with van der Waals surface area (Å²) >= 11 is 9.58. The van der Waals surface area contributed by atoms with E-state index in [-0.39, 0.29) is 10.6 Å². The van der Waals surface area contributed by atoms with Crippen LogP contribution in [0, 0.1) is 5.82 Å². The van der Waals surface area contributed by atoms with Crippen molar-refractivity contribution in [2.45, 2.75) is 4.83 Å². The summed E-state index contributed by atoms with van der Waals surface area (Å²) in [5, 5.41) is 2.78. The fourth-order valence-electron chi connectivity index (χ4n) is 2.35. The van der Waals surface area contributed by atoms with E-state index < -0.39 is 0 Å². The molecule has 0 aliphatic carbocycles. The van der Waals surface area contributed by atoms with E-state index in [0.717, 1.165) is 16.3 Å². The molecule has 0 N–H and O–H groups in total. The van der Waals surface area contributed by atoms with Gasteiger partial charge in [0.15, 0.2) is 0 Å². The van der Waals surface area contributed by atoms with Crippen LogP contribution in [-0.4, -0.2) is 0 Å². The van der Waals surface area contributed by atoms with Crippen molar-refractivity contribution in [2.24, 2.45) is 0 Å². The van der Waals surface area contributed by atoms with Crippen molar-refractivity contribution in [3.63, 3.8) is 0 Å². The zero-order valence-electron chi connectivity index (χ0n) is 10.5. The Morgan fingerprint density at radius 1 is 0.900 bits per heavy atom. The van der Waals surface area contributed by atoms with Crippen LogP contribution < -0.4 is 0 Å². The largest absolute Gasteiger partial charge is 0.207 e. The fraction of sp³-hybridized carbons (Fsp3) is 0.0588. The summed E-state index contributed by atoms with van der Waals surface area (Å²) in [4.78, 5) is -0.229. The van der Waals surface area contributed by atoms with E-state index in [2.05, 4.69) is 15.9 Å². The number of rotatable bonds is 2. The number of alkyl halides is 1. The second-order valence-electron chi connectivity index (χ2n) is 4.60. The molecule has 3 heteroatoms.